The molecule has 3 N–H and O–H groups in total. The summed E-state index contributed by atoms with van der Waals surface area (Å²) in [5.74, 6) is -1.93. The molecule has 96 valence electrons. The Kier molecular flexibility index (Phi) is 4.56. The molecule has 0 bridgehead atoms. The molecule has 1 rings (SSSR count). The first-order chi connectivity index (χ1) is 7.95. The normalized spacial score (nSPS) is 10.9. The molecule has 0 aliphatic carbocycles. The number of aliphatic hydroxyl groups excluding tert-OH is 1. The average molecular weight is 252 g/mol. The number of nitrogens with zero attached hydrogens (tertiary/aromatic N) is 1. The third-order valence-electron chi connectivity index (χ3n) is 2.14. The second kappa shape index (κ2) is 5.72. The lowest BCUT2D eigenvalue weighted by atomic mass is 10.2. The van der Waals surface area contributed by atoms with Crippen molar-refractivity contribution in [2.24, 2.45) is 0 Å². The van der Waals surface area contributed by atoms with Gasteiger partial charge in [0.15, 0.2) is 5.82 Å². The van der Waals surface area contributed by atoms with Gasteiger partial charge in [-0.2, -0.15) is 0 Å². The Morgan fingerprint density at radius 2 is 1.94 bits per heavy atom. The third-order valence-corrected chi connectivity index (χ3v) is 2.14. The van der Waals surface area contributed by atoms with Crippen LogP contribution < -0.4 is 10.6 Å². The van der Waals surface area contributed by atoms with E-state index >= 15 is 0 Å². The summed E-state index contributed by atoms with van der Waals surface area (Å²) in [5.41, 5.74) is 4.75. The van der Waals surface area contributed by atoms with E-state index in [1.54, 1.807) is 0 Å². The van der Waals surface area contributed by atoms with Gasteiger partial charge >= 0.3 is 0 Å². The SMILES string of the molecule is Nc1c(F)cc(F)cc1N(CCO)CC(F)F. The van der Waals surface area contributed by atoms with Gasteiger partial charge in [-0.1, -0.05) is 0 Å². The van der Waals surface area contributed by atoms with Gasteiger partial charge < -0.3 is 15.7 Å². The second-order valence-electron chi connectivity index (χ2n) is 3.38. The highest BCUT2D eigenvalue weighted by Crippen LogP contribution is 2.27. The van der Waals surface area contributed by atoms with E-state index in [1.165, 1.54) is 0 Å². The zero-order valence-electron chi connectivity index (χ0n) is 8.84. The van der Waals surface area contributed by atoms with Crippen LogP contribution in [0.5, 0.6) is 0 Å². The van der Waals surface area contributed by atoms with Crippen LogP contribution in [-0.2, 0) is 0 Å². The molecule has 7 heteroatoms. The predicted octanol–water partition coefficient (Wildman–Crippen LogP) is 1.61. The smallest absolute Gasteiger partial charge is 0.255 e. The van der Waals surface area contributed by atoms with Crippen molar-refractivity contribution >= 4 is 11.4 Å². The zero-order chi connectivity index (χ0) is 13.0. The number of rotatable bonds is 5. The van der Waals surface area contributed by atoms with Gasteiger partial charge in [0.25, 0.3) is 6.43 Å². The van der Waals surface area contributed by atoms with Crippen molar-refractivity contribution in [3.63, 3.8) is 0 Å². The molecular formula is C10H12F4N2O. The van der Waals surface area contributed by atoms with Crippen molar-refractivity contribution < 1.29 is 22.7 Å². The molecule has 0 amide bonds. The minimum absolute atomic E-state index is 0.183. The van der Waals surface area contributed by atoms with Crippen LogP contribution in [0.1, 0.15) is 0 Å². The molecule has 1 aromatic carbocycles. The Morgan fingerprint density at radius 3 is 2.47 bits per heavy atom. The molecule has 0 aliphatic heterocycles. The Bertz CT molecular complexity index is 387. The number of benzene rings is 1. The molecule has 0 aromatic heterocycles. The molecule has 3 nitrogen and oxygen atoms in total. The highest BCUT2D eigenvalue weighted by molar-refractivity contribution is 5.68. The molecule has 0 saturated heterocycles. The summed E-state index contributed by atoms with van der Waals surface area (Å²) in [6, 6.07) is 1.43. The summed E-state index contributed by atoms with van der Waals surface area (Å²) in [6.45, 7) is -1.37. The van der Waals surface area contributed by atoms with Crippen LogP contribution in [0.3, 0.4) is 0 Å². The summed E-state index contributed by atoms with van der Waals surface area (Å²) in [6.07, 6.45) is -2.70. The van der Waals surface area contributed by atoms with Crippen molar-refractivity contribution in [3.8, 4) is 0 Å². The van der Waals surface area contributed by atoms with Crippen LogP contribution in [0.15, 0.2) is 12.1 Å². The molecule has 0 radical (unpaired) electrons. The second-order valence-corrected chi connectivity index (χ2v) is 3.38. The van der Waals surface area contributed by atoms with Crippen LogP contribution in [0.4, 0.5) is 28.9 Å². The number of nitrogen functional groups attached to an aromatic ring is 1. The van der Waals surface area contributed by atoms with E-state index in [1.807, 2.05) is 0 Å². The number of hydrogen-bond donors (Lipinski definition) is 2. The molecule has 0 saturated carbocycles. The van der Waals surface area contributed by atoms with Crippen LogP contribution >= 0.6 is 0 Å². The first-order valence-corrected chi connectivity index (χ1v) is 4.84. The first kappa shape index (κ1) is 13.6. The summed E-state index contributed by atoms with van der Waals surface area (Å²) in [7, 11) is 0. The maximum Gasteiger partial charge on any atom is 0.255 e. The Morgan fingerprint density at radius 1 is 1.29 bits per heavy atom. The molecule has 17 heavy (non-hydrogen) atoms. The number of aliphatic hydroxyl groups is 1. The predicted molar refractivity (Wildman–Crippen MR) is 56.1 cm³/mol. The third kappa shape index (κ3) is 3.48. The fraction of sp³-hybridized carbons (Fsp3) is 0.400. The van der Waals surface area contributed by atoms with E-state index in [9.17, 15) is 17.6 Å². The molecule has 0 unspecified atom stereocenters. The van der Waals surface area contributed by atoms with Gasteiger partial charge in [-0.15, -0.1) is 0 Å². The fourth-order valence-electron chi connectivity index (χ4n) is 1.43. The summed E-state index contributed by atoms with van der Waals surface area (Å²) in [5, 5.41) is 8.73. The standard InChI is InChI=1S/C10H12F4N2O/c11-6-3-7(12)10(15)8(4-6)16(1-2-17)5-9(13)14/h3-4,9,17H,1-2,5,15H2. The summed E-state index contributed by atoms with van der Waals surface area (Å²) >= 11 is 0. The topological polar surface area (TPSA) is 49.5 Å². The van der Waals surface area contributed by atoms with Crippen LogP contribution in [0.2, 0.25) is 0 Å². The molecule has 0 aliphatic rings. The minimum Gasteiger partial charge on any atom is -0.395 e. The van der Waals surface area contributed by atoms with Crippen molar-refractivity contribution in [1.29, 1.82) is 0 Å². The molecule has 0 spiro atoms. The van der Waals surface area contributed by atoms with Gasteiger partial charge in [-0.3, -0.25) is 0 Å². The van der Waals surface area contributed by atoms with E-state index in [0.29, 0.717) is 6.07 Å². The number of alkyl halides is 2. The van der Waals surface area contributed by atoms with E-state index in [-0.39, 0.29) is 12.2 Å². The monoisotopic (exact) mass is 252 g/mol. The van der Waals surface area contributed by atoms with Crippen LogP contribution in [0, 0.1) is 11.6 Å². The zero-order valence-corrected chi connectivity index (χ0v) is 8.84. The Labute approximate surface area is 95.4 Å². The van der Waals surface area contributed by atoms with Gasteiger partial charge in [0.05, 0.1) is 24.5 Å². The van der Waals surface area contributed by atoms with Crippen molar-refractivity contribution in [2.45, 2.75) is 6.43 Å². The van der Waals surface area contributed by atoms with Gasteiger partial charge in [0.1, 0.15) is 5.82 Å². The maximum atomic E-state index is 13.1. The van der Waals surface area contributed by atoms with Gasteiger partial charge in [0.2, 0.25) is 0 Å². The van der Waals surface area contributed by atoms with Crippen molar-refractivity contribution in [2.75, 3.05) is 30.3 Å². The van der Waals surface area contributed by atoms with Crippen molar-refractivity contribution in [3.05, 3.63) is 23.8 Å². The molecule has 0 atom stereocenters. The first-order valence-electron chi connectivity index (χ1n) is 4.84. The Hall–Kier alpha value is -1.50. The molecular weight excluding hydrogens is 240 g/mol. The highest BCUT2D eigenvalue weighted by Gasteiger charge is 2.18. The average Bonchev–Trinajstić information content (AvgIpc) is 2.22. The van der Waals surface area contributed by atoms with E-state index in [2.05, 4.69) is 0 Å². The quantitative estimate of drug-likeness (QED) is 0.618. The number of hydrogen-bond acceptors (Lipinski definition) is 3. The lowest BCUT2D eigenvalue weighted by Gasteiger charge is -2.25. The Balaban J connectivity index is 3.08. The minimum atomic E-state index is -2.70. The lowest BCUT2D eigenvalue weighted by molar-refractivity contribution is 0.153. The highest BCUT2D eigenvalue weighted by atomic mass is 19.3. The number of nitrogens with two attached hydrogens (primary N) is 1. The van der Waals surface area contributed by atoms with Crippen LogP contribution in [-0.4, -0.2) is 31.2 Å². The van der Waals surface area contributed by atoms with Gasteiger partial charge in [-0.25, -0.2) is 17.6 Å². The van der Waals surface area contributed by atoms with E-state index in [0.717, 1.165) is 11.0 Å². The fourth-order valence-corrected chi connectivity index (χ4v) is 1.43. The summed E-state index contributed by atoms with van der Waals surface area (Å²) in [4.78, 5) is 0.937. The molecule has 0 fully saturated rings. The van der Waals surface area contributed by atoms with Gasteiger partial charge in [0, 0.05) is 12.6 Å². The summed E-state index contributed by atoms with van der Waals surface area (Å²) < 4.78 is 50.7. The number of anilines is 2. The lowest BCUT2D eigenvalue weighted by Crippen LogP contribution is -2.32. The van der Waals surface area contributed by atoms with E-state index < -0.39 is 36.9 Å². The van der Waals surface area contributed by atoms with Crippen LogP contribution in [0.25, 0.3) is 0 Å². The molecule has 0 heterocycles. The largest absolute Gasteiger partial charge is 0.395 e. The van der Waals surface area contributed by atoms with Gasteiger partial charge in [-0.05, 0) is 6.07 Å². The molecule has 1 aromatic rings. The maximum absolute atomic E-state index is 13.1. The van der Waals surface area contributed by atoms with E-state index in [4.69, 9.17) is 10.8 Å². The van der Waals surface area contributed by atoms with Crippen molar-refractivity contribution in [1.82, 2.24) is 0 Å². The number of halogens is 4.